The van der Waals surface area contributed by atoms with E-state index in [-0.39, 0.29) is 11.8 Å². The van der Waals surface area contributed by atoms with Gasteiger partial charge in [-0.15, -0.1) is 0 Å². The van der Waals surface area contributed by atoms with Crippen LogP contribution in [-0.2, 0) is 11.3 Å². The number of nitrogens with one attached hydrogen (secondary N) is 1. The van der Waals surface area contributed by atoms with Gasteiger partial charge in [-0.2, -0.15) is 0 Å². The molecule has 0 saturated carbocycles. The van der Waals surface area contributed by atoms with Crippen molar-refractivity contribution >= 4 is 11.8 Å². The number of nitrogens with zero attached hydrogens (tertiary/aromatic N) is 3. The van der Waals surface area contributed by atoms with Gasteiger partial charge in [0.05, 0.1) is 0 Å². The first-order chi connectivity index (χ1) is 12.7. The lowest BCUT2D eigenvalue weighted by molar-refractivity contribution is -0.132. The molecular formula is C20H24N4O2. The molecule has 1 aromatic heterocycles. The third-order valence-electron chi connectivity index (χ3n) is 4.54. The summed E-state index contributed by atoms with van der Waals surface area (Å²) < 4.78 is 0. The number of pyridine rings is 1. The fourth-order valence-electron chi connectivity index (χ4n) is 3.04. The lowest BCUT2D eigenvalue weighted by Gasteiger charge is -2.34. The zero-order valence-corrected chi connectivity index (χ0v) is 14.8. The zero-order chi connectivity index (χ0) is 18.2. The van der Waals surface area contributed by atoms with E-state index in [2.05, 4.69) is 39.5 Å². The molecule has 6 heteroatoms. The second-order valence-corrected chi connectivity index (χ2v) is 6.38. The van der Waals surface area contributed by atoms with E-state index in [0.29, 0.717) is 18.5 Å². The maximum absolute atomic E-state index is 12.3. The van der Waals surface area contributed by atoms with Crippen LogP contribution in [0.25, 0.3) is 0 Å². The van der Waals surface area contributed by atoms with Gasteiger partial charge in [-0.3, -0.25) is 19.5 Å². The summed E-state index contributed by atoms with van der Waals surface area (Å²) in [6, 6.07) is 13.7. The number of amides is 2. The highest BCUT2D eigenvalue weighted by atomic mass is 16.2. The number of benzene rings is 1. The van der Waals surface area contributed by atoms with Crippen molar-refractivity contribution in [2.75, 3.05) is 32.7 Å². The number of hydrogen-bond acceptors (Lipinski definition) is 4. The van der Waals surface area contributed by atoms with Crippen LogP contribution in [0.5, 0.6) is 0 Å². The summed E-state index contributed by atoms with van der Waals surface area (Å²) in [5.74, 6) is -0.0766. The van der Waals surface area contributed by atoms with Gasteiger partial charge in [-0.05, 0) is 17.7 Å². The molecule has 2 amide bonds. The van der Waals surface area contributed by atoms with Crippen LogP contribution < -0.4 is 5.32 Å². The number of rotatable bonds is 6. The molecule has 1 aliphatic rings. The molecule has 26 heavy (non-hydrogen) atoms. The number of aromatic nitrogens is 1. The van der Waals surface area contributed by atoms with Gasteiger partial charge in [0.25, 0.3) is 5.91 Å². The van der Waals surface area contributed by atoms with Gasteiger partial charge in [-0.25, -0.2) is 0 Å². The number of piperazine rings is 1. The van der Waals surface area contributed by atoms with Gasteiger partial charge in [0.1, 0.15) is 0 Å². The quantitative estimate of drug-likeness (QED) is 0.857. The lowest BCUT2D eigenvalue weighted by Crippen LogP contribution is -2.48. The highest BCUT2D eigenvalue weighted by molar-refractivity contribution is 5.94. The van der Waals surface area contributed by atoms with Crippen molar-refractivity contribution in [1.29, 1.82) is 0 Å². The third-order valence-corrected chi connectivity index (χ3v) is 4.54. The molecule has 3 rings (SSSR count). The molecule has 1 aromatic carbocycles. The van der Waals surface area contributed by atoms with E-state index in [4.69, 9.17) is 0 Å². The van der Waals surface area contributed by atoms with Crippen LogP contribution in [0.2, 0.25) is 0 Å². The molecule has 2 aromatic rings. The zero-order valence-electron chi connectivity index (χ0n) is 14.8. The van der Waals surface area contributed by atoms with Crippen LogP contribution in [-0.4, -0.2) is 59.3 Å². The molecule has 1 fully saturated rings. The molecule has 0 unspecified atom stereocenters. The summed E-state index contributed by atoms with van der Waals surface area (Å²) in [4.78, 5) is 32.4. The summed E-state index contributed by atoms with van der Waals surface area (Å²) in [6.07, 6.45) is 3.49. The van der Waals surface area contributed by atoms with Crippen LogP contribution in [0.4, 0.5) is 0 Å². The van der Waals surface area contributed by atoms with Crippen molar-refractivity contribution in [2.24, 2.45) is 0 Å². The van der Waals surface area contributed by atoms with Gasteiger partial charge in [0.15, 0.2) is 0 Å². The Kier molecular flexibility index (Phi) is 6.33. The Labute approximate surface area is 153 Å². The summed E-state index contributed by atoms with van der Waals surface area (Å²) >= 11 is 0. The summed E-state index contributed by atoms with van der Waals surface area (Å²) in [5.41, 5.74) is 1.85. The smallest absolute Gasteiger partial charge is 0.251 e. The van der Waals surface area contributed by atoms with Gasteiger partial charge >= 0.3 is 0 Å². The predicted octanol–water partition coefficient (Wildman–Crippen LogP) is 1.55. The average Bonchev–Trinajstić information content (AvgIpc) is 2.70. The minimum atomic E-state index is -0.173. The number of hydrogen-bond donors (Lipinski definition) is 1. The first-order valence-corrected chi connectivity index (χ1v) is 8.94. The van der Waals surface area contributed by atoms with Crippen molar-refractivity contribution in [3.8, 4) is 0 Å². The molecule has 0 spiro atoms. The predicted molar refractivity (Wildman–Crippen MR) is 99.5 cm³/mol. The van der Waals surface area contributed by atoms with Gasteiger partial charge in [-0.1, -0.05) is 30.3 Å². The molecule has 6 nitrogen and oxygen atoms in total. The molecular weight excluding hydrogens is 328 g/mol. The molecule has 1 saturated heterocycles. The average molecular weight is 352 g/mol. The maximum atomic E-state index is 12.3. The SMILES string of the molecule is O=C(NCCC(=O)N1CCN(Cc2ccccc2)CC1)c1ccncc1. The summed E-state index contributed by atoms with van der Waals surface area (Å²) in [6.45, 7) is 4.51. The Bertz CT molecular complexity index is 713. The van der Waals surface area contributed by atoms with E-state index in [9.17, 15) is 9.59 Å². The van der Waals surface area contributed by atoms with E-state index in [1.165, 1.54) is 5.56 Å². The fraction of sp³-hybridized carbons (Fsp3) is 0.350. The number of carbonyl (C=O) groups is 2. The third kappa shape index (κ3) is 5.13. The van der Waals surface area contributed by atoms with Crippen molar-refractivity contribution in [3.05, 3.63) is 66.0 Å². The van der Waals surface area contributed by atoms with Crippen molar-refractivity contribution in [1.82, 2.24) is 20.1 Å². The molecule has 2 heterocycles. The lowest BCUT2D eigenvalue weighted by atomic mass is 10.2. The second kappa shape index (κ2) is 9.10. The second-order valence-electron chi connectivity index (χ2n) is 6.38. The highest BCUT2D eigenvalue weighted by Gasteiger charge is 2.20. The Hall–Kier alpha value is -2.73. The normalized spacial score (nSPS) is 14.8. The standard InChI is InChI=1S/C20H24N4O2/c25-19(8-11-22-20(26)18-6-9-21-10-7-18)24-14-12-23(13-15-24)16-17-4-2-1-3-5-17/h1-7,9-10H,8,11-16H2,(H,22,26). The van der Waals surface area contributed by atoms with Gasteiger partial charge in [0, 0.05) is 63.6 Å². The van der Waals surface area contributed by atoms with Crippen LogP contribution in [0.1, 0.15) is 22.3 Å². The van der Waals surface area contributed by atoms with E-state index in [0.717, 1.165) is 32.7 Å². The monoisotopic (exact) mass is 352 g/mol. The Morgan fingerprint density at radius 2 is 1.65 bits per heavy atom. The topological polar surface area (TPSA) is 65.5 Å². The first-order valence-electron chi connectivity index (χ1n) is 8.94. The van der Waals surface area contributed by atoms with E-state index in [1.54, 1.807) is 24.5 Å². The maximum Gasteiger partial charge on any atom is 0.251 e. The van der Waals surface area contributed by atoms with Crippen LogP contribution in [0.3, 0.4) is 0 Å². The molecule has 1 aliphatic heterocycles. The largest absolute Gasteiger partial charge is 0.352 e. The van der Waals surface area contributed by atoms with E-state index >= 15 is 0 Å². The summed E-state index contributed by atoms with van der Waals surface area (Å²) in [5, 5.41) is 2.79. The fourth-order valence-corrected chi connectivity index (χ4v) is 3.04. The summed E-state index contributed by atoms with van der Waals surface area (Å²) in [7, 11) is 0. The molecule has 136 valence electrons. The van der Waals surface area contributed by atoms with Crippen molar-refractivity contribution < 1.29 is 9.59 Å². The molecule has 0 radical (unpaired) electrons. The number of carbonyl (C=O) groups excluding carboxylic acids is 2. The van der Waals surface area contributed by atoms with Crippen molar-refractivity contribution in [3.63, 3.8) is 0 Å². The Morgan fingerprint density at radius 1 is 0.962 bits per heavy atom. The van der Waals surface area contributed by atoms with Gasteiger partial charge in [0.2, 0.25) is 5.91 Å². The molecule has 1 N–H and O–H groups in total. The molecule has 0 aliphatic carbocycles. The Balaban J connectivity index is 1.36. The van der Waals surface area contributed by atoms with E-state index < -0.39 is 0 Å². The van der Waals surface area contributed by atoms with E-state index in [1.807, 2.05) is 11.0 Å². The van der Waals surface area contributed by atoms with Gasteiger partial charge < -0.3 is 10.2 Å². The first kappa shape index (κ1) is 18.1. The van der Waals surface area contributed by atoms with Crippen LogP contribution in [0, 0.1) is 0 Å². The minimum absolute atomic E-state index is 0.0967. The van der Waals surface area contributed by atoms with Crippen LogP contribution in [0.15, 0.2) is 54.9 Å². The minimum Gasteiger partial charge on any atom is -0.352 e. The highest BCUT2D eigenvalue weighted by Crippen LogP contribution is 2.09. The molecule has 0 bridgehead atoms. The van der Waals surface area contributed by atoms with Crippen molar-refractivity contribution in [2.45, 2.75) is 13.0 Å². The Morgan fingerprint density at radius 3 is 2.35 bits per heavy atom. The van der Waals surface area contributed by atoms with Crippen LogP contribution >= 0.6 is 0 Å². The molecule has 0 atom stereocenters.